The molecule has 5 heteroatoms. The Morgan fingerprint density at radius 2 is 2.00 bits per heavy atom. The normalized spacial score (nSPS) is 26.4. The fourth-order valence-corrected chi connectivity index (χ4v) is 3.25. The molecule has 0 aliphatic carbocycles. The van der Waals surface area contributed by atoms with Crippen molar-refractivity contribution in [2.24, 2.45) is 5.92 Å². The van der Waals surface area contributed by atoms with Gasteiger partial charge in [-0.2, -0.15) is 11.8 Å². The number of hydrogen-bond donors (Lipinski definition) is 1. The Balaban J connectivity index is 3.04. The molecule has 0 saturated carbocycles. The molecule has 3 unspecified atom stereocenters. The molecule has 1 fully saturated rings. The van der Waals surface area contributed by atoms with E-state index < -0.39 is 6.04 Å². The van der Waals surface area contributed by atoms with Gasteiger partial charge in [-0.1, -0.05) is 20.8 Å². The third-order valence-corrected chi connectivity index (χ3v) is 4.13. The third kappa shape index (κ3) is 2.99. The fourth-order valence-electron chi connectivity index (χ4n) is 2.47. The van der Waals surface area contributed by atoms with Gasteiger partial charge in [0.25, 0.3) is 0 Å². The lowest BCUT2D eigenvalue weighted by molar-refractivity contribution is -0.153. The molecule has 0 aromatic heterocycles. The Morgan fingerprint density at radius 1 is 1.39 bits per heavy atom. The first-order valence-electron chi connectivity index (χ1n) is 6.55. The molecule has 0 bridgehead atoms. The van der Waals surface area contributed by atoms with Crippen molar-refractivity contribution in [2.75, 3.05) is 12.0 Å². The van der Waals surface area contributed by atoms with Crippen molar-refractivity contribution >= 4 is 23.6 Å². The van der Waals surface area contributed by atoms with Crippen LogP contribution in [0.1, 0.15) is 34.1 Å². The molecule has 4 nitrogen and oxygen atoms in total. The number of nitrogens with zero attached hydrogens (tertiary/aromatic N) is 1. The predicted octanol–water partition coefficient (Wildman–Crippen LogP) is 1.50. The van der Waals surface area contributed by atoms with Crippen molar-refractivity contribution in [1.29, 1.82) is 0 Å². The largest absolute Gasteiger partial charge is 0.343 e. The number of amides is 2. The zero-order valence-corrected chi connectivity index (χ0v) is 12.7. The van der Waals surface area contributed by atoms with Gasteiger partial charge < -0.3 is 10.2 Å². The van der Waals surface area contributed by atoms with E-state index in [1.807, 2.05) is 25.0 Å². The van der Waals surface area contributed by atoms with E-state index in [0.29, 0.717) is 0 Å². The van der Waals surface area contributed by atoms with Crippen molar-refractivity contribution in [2.45, 2.75) is 52.2 Å². The van der Waals surface area contributed by atoms with E-state index in [1.54, 1.807) is 18.7 Å². The Labute approximate surface area is 114 Å². The van der Waals surface area contributed by atoms with Gasteiger partial charge in [0.05, 0.1) is 0 Å². The number of piperazine rings is 1. The lowest BCUT2D eigenvalue weighted by Crippen LogP contribution is -2.66. The third-order valence-electron chi connectivity index (χ3n) is 3.41. The average Bonchev–Trinajstić information content (AvgIpc) is 2.30. The van der Waals surface area contributed by atoms with Crippen molar-refractivity contribution in [3.05, 3.63) is 0 Å². The highest BCUT2D eigenvalue weighted by Gasteiger charge is 2.42. The number of thioether (sulfide) groups is 1. The summed E-state index contributed by atoms with van der Waals surface area (Å²) in [6.45, 7) is 7.82. The number of carbonyl (C=O) groups is 2. The Hall–Kier alpha value is -0.710. The van der Waals surface area contributed by atoms with Gasteiger partial charge in [0.2, 0.25) is 11.8 Å². The molecule has 1 rings (SSSR count). The van der Waals surface area contributed by atoms with Gasteiger partial charge in [-0.25, -0.2) is 0 Å². The minimum atomic E-state index is -0.400. The first-order chi connectivity index (χ1) is 8.43. The van der Waals surface area contributed by atoms with Crippen molar-refractivity contribution in [1.82, 2.24) is 10.2 Å². The van der Waals surface area contributed by atoms with Crippen molar-refractivity contribution < 1.29 is 9.59 Å². The van der Waals surface area contributed by atoms with Gasteiger partial charge in [-0.15, -0.1) is 0 Å². The molecule has 1 aliphatic heterocycles. The zero-order chi connectivity index (χ0) is 13.9. The van der Waals surface area contributed by atoms with Gasteiger partial charge >= 0.3 is 0 Å². The number of rotatable bonds is 5. The minimum absolute atomic E-state index is 0.0170. The molecule has 3 atom stereocenters. The van der Waals surface area contributed by atoms with Crippen LogP contribution in [-0.2, 0) is 9.59 Å². The number of hydrogen-bond acceptors (Lipinski definition) is 3. The first-order valence-corrected chi connectivity index (χ1v) is 7.94. The predicted molar refractivity (Wildman–Crippen MR) is 75.5 cm³/mol. The van der Waals surface area contributed by atoms with Crippen LogP contribution in [0.3, 0.4) is 0 Å². The topological polar surface area (TPSA) is 49.4 Å². The summed E-state index contributed by atoms with van der Waals surface area (Å²) in [6, 6.07) is -0.581. The van der Waals surface area contributed by atoms with E-state index in [2.05, 4.69) is 12.2 Å². The standard InChI is InChI=1S/C13H24N2O2S/c1-6-10(7-18-5)15-11(8(2)3)12(16)14-9(4)13(15)17/h8-11H,6-7H2,1-5H3,(H,14,16). The van der Waals surface area contributed by atoms with Crippen LogP contribution in [-0.4, -0.2) is 46.8 Å². The van der Waals surface area contributed by atoms with E-state index in [1.165, 1.54) is 0 Å². The van der Waals surface area contributed by atoms with Crippen LogP contribution in [0.15, 0.2) is 0 Å². The average molecular weight is 272 g/mol. The molecule has 1 saturated heterocycles. The molecular weight excluding hydrogens is 248 g/mol. The summed E-state index contributed by atoms with van der Waals surface area (Å²) in [5.41, 5.74) is 0. The smallest absolute Gasteiger partial charge is 0.245 e. The van der Waals surface area contributed by atoms with E-state index in [4.69, 9.17) is 0 Å². The van der Waals surface area contributed by atoms with Crippen molar-refractivity contribution in [3.8, 4) is 0 Å². The van der Waals surface area contributed by atoms with E-state index in [0.717, 1.165) is 12.2 Å². The summed E-state index contributed by atoms with van der Waals surface area (Å²) >= 11 is 1.72. The fraction of sp³-hybridized carbons (Fsp3) is 0.846. The molecule has 18 heavy (non-hydrogen) atoms. The second-order valence-electron chi connectivity index (χ2n) is 5.18. The van der Waals surface area contributed by atoms with E-state index >= 15 is 0 Å². The van der Waals surface area contributed by atoms with Crippen molar-refractivity contribution in [3.63, 3.8) is 0 Å². The summed E-state index contributed by atoms with van der Waals surface area (Å²) < 4.78 is 0. The molecule has 0 radical (unpaired) electrons. The highest BCUT2D eigenvalue weighted by Crippen LogP contribution is 2.23. The second-order valence-corrected chi connectivity index (χ2v) is 6.09. The maximum Gasteiger partial charge on any atom is 0.245 e. The van der Waals surface area contributed by atoms with Crippen LogP contribution in [0.5, 0.6) is 0 Å². The second kappa shape index (κ2) is 6.45. The maximum atomic E-state index is 12.4. The van der Waals surface area contributed by atoms with Gasteiger partial charge in [0.15, 0.2) is 0 Å². The molecule has 2 amide bonds. The lowest BCUT2D eigenvalue weighted by Gasteiger charge is -2.44. The maximum absolute atomic E-state index is 12.4. The van der Waals surface area contributed by atoms with Crippen LogP contribution >= 0.6 is 11.8 Å². The molecule has 1 heterocycles. The number of nitrogens with one attached hydrogen (secondary N) is 1. The quantitative estimate of drug-likeness (QED) is 0.825. The molecule has 0 aromatic rings. The van der Waals surface area contributed by atoms with Crippen LogP contribution in [0, 0.1) is 5.92 Å². The molecule has 0 aromatic carbocycles. The molecule has 1 aliphatic rings. The van der Waals surface area contributed by atoms with Gasteiger partial charge in [-0.05, 0) is 25.5 Å². The lowest BCUT2D eigenvalue weighted by atomic mass is 9.95. The number of carbonyl (C=O) groups excluding carboxylic acids is 2. The Bertz CT molecular complexity index is 320. The first kappa shape index (κ1) is 15.3. The minimum Gasteiger partial charge on any atom is -0.343 e. The molecule has 1 N–H and O–H groups in total. The zero-order valence-electron chi connectivity index (χ0n) is 11.9. The molecule has 0 spiro atoms. The van der Waals surface area contributed by atoms with Crippen LogP contribution < -0.4 is 5.32 Å². The summed E-state index contributed by atoms with van der Waals surface area (Å²) in [4.78, 5) is 26.3. The summed E-state index contributed by atoms with van der Waals surface area (Å²) in [5, 5.41) is 2.77. The van der Waals surface area contributed by atoms with Gasteiger partial charge in [-0.3, -0.25) is 9.59 Å². The Morgan fingerprint density at radius 3 is 2.44 bits per heavy atom. The van der Waals surface area contributed by atoms with E-state index in [9.17, 15) is 9.59 Å². The van der Waals surface area contributed by atoms with Crippen LogP contribution in [0.2, 0.25) is 0 Å². The summed E-state index contributed by atoms with van der Waals surface area (Å²) in [6.07, 6.45) is 2.92. The highest BCUT2D eigenvalue weighted by molar-refractivity contribution is 7.98. The Kier molecular flexibility index (Phi) is 5.50. The molecular formula is C13H24N2O2S. The van der Waals surface area contributed by atoms with Gasteiger partial charge in [0.1, 0.15) is 12.1 Å². The summed E-state index contributed by atoms with van der Waals surface area (Å²) in [5.74, 6) is 1.05. The SMILES string of the molecule is CCC(CSC)N1C(=O)C(C)NC(=O)C1C(C)C. The summed E-state index contributed by atoms with van der Waals surface area (Å²) in [7, 11) is 0. The van der Waals surface area contributed by atoms with Crippen LogP contribution in [0.25, 0.3) is 0 Å². The highest BCUT2D eigenvalue weighted by atomic mass is 32.2. The van der Waals surface area contributed by atoms with Crippen LogP contribution in [0.4, 0.5) is 0 Å². The van der Waals surface area contributed by atoms with E-state index in [-0.39, 0.29) is 29.8 Å². The van der Waals surface area contributed by atoms with Gasteiger partial charge in [0, 0.05) is 11.8 Å². The monoisotopic (exact) mass is 272 g/mol. The molecule has 104 valence electrons.